The number of hydrogen-bond acceptors (Lipinski definition) is 2. The highest BCUT2D eigenvalue weighted by molar-refractivity contribution is 5.02. The molecular weight excluding hydrogens is 256 g/mol. The summed E-state index contributed by atoms with van der Waals surface area (Å²) in [6.45, 7) is 19.0. The molecule has 21 heavy (non-hydrogen) atoms. The Morgan fingerprint density at radius 3 is 2.24 bits per heavy atom. The molecule has 2 nitrogen and oxygen atoms in total. The Labute approximate surface area is 134 Å². The predicted octanol–water partition coefficient (Wildman–Crippen LogP) is 4.69. The average molecular weight is 297 g/mol. The maximum atomic E-state index is 3.89. The largest absolute Gasteiger partial charge is 0.312 e. The van der Waals surface area contributed by atoms with Gasteiger partial charge in [-0.3, -0.25) is 4.90 Å². The highest BCUT2D eigenvalue weighted by Crippen LogP contribution is 2.41. The van der Waals surface area contributed by atoms with E-state index in [9.17, 15) is 0 Å². The van der Waals surface area contributed by atoms with E-state index in [0.29, 0.717) is 11.5 Å². The van der Waals surface area contributed by atoms with Crippen LogP contribution in [0.5, 0.6) is 0 Å². The van der Waals surface area contributed by atoms with E-state index in [1.807, 2.05) is 0 Å². The van der Waals surface area contributed by atoms with Gasteiger partial charge in [0.05, 0.1) is 0 Å². The van der Waals surface area contributed by atoms with E-state index in [4.69, 9.17) is 0 Å². The van der Waals surface area contributed by atoms with E-state index in [1.54, 1.807) is 0 Å². The molecule has 0 spiro atoms. The Bertz CT molecular complexity index is 281. The summed E-state index contributed by atoms with van der Waals surface area (Å²) < 4.78 is 0. The van der Waals surface area contributed by atoms with Gasteiger partial charge in [0, 0.05) is 24.7 Å². The molecule has 2 unspecified atom stereocenters. The Kier molecular flexibility index (Phi) is 7.70. The molecule has 1 saturated carbocycles. The van der Waals surface area contributed by atoms with Gasteiger partial charge in [-0.25, -0.2) is 0 Å². The summed E-state index contributed by atoms with van der Waals surface area (Å²) in [6, 6.07) is 2.12. The summed E-state index contributed by atoms with van der Waals surface area (Å²) in [5.74, 6) is 0.751. The van der Waals surface area contributed by atoms with E-state index in [2.05, 4.69) is 58.7 Å². The van der Waals surface area contributed by atoms with Gasteiger partial charge in [-0.05, 0) is 50.0 Å². The van der Waals surface area contributed by atoms with Gasteiger partial charge in [0.1, 0.15) is 0 Å². The van der Waals surface area contributed by atoms with Crippen molar-refractivity contribution in [2.75, 3.05) is 13.1 Å². The molecule has 0 amide bonds. The molecule has 0 aromatic rings. The molecule has 1 aliphatic rings. The minimum absolute atomic E-state index is 0.432. The normalized spacial score (nSPS) is 25.4. The fourth-order valence-electron chi connectivity index (χ4n) is 4.17. The van der Waals surface area contributed by atoms with E-state index >= 15 is 0 Å². The molecule has 1 rings (SSSR count). The third-order valence-electron chi connectivity index (χ3n) is 5.34. The molecule has 2 atom stereocenters. The summed E-state index contributed by atoms with van der Waals surface area (Å²) in [6.07, 6.45) is 6.50. The molecule has 1 aliphatic carbocycles. The van der Waals surface area contributed by atoms with Crippen molar-refractivity contribution in [3.05, 3.63) is 0 Å². The van der Waals surface area contributed by atoms with Crippen LogP contribution in [0.4, 0.5) is 0 Å². The quantitative estimate of drug-likeness (QED) is 0.664. The van der Waals surface area contributed by atoms with Crippen molar-refractivity contribution in [1.82, 2.24) is 10.2 Å². The first kappa shape index (κ1) is 19.0. The zero-order valence-electron chi connectivity index (χ0n) is 15.7. The van der Waals surface area contributed by atoms with E-state index in [0.717, 1.165) is 24.5 Å². The SMILES string of the molecule is CCCNC1C(N(CC(C)C)C(CC)CC)CCC1(C)C. The van der Waals surface area contributed by atoms with Crippen LogP contribution in [-0.2, 0) is 0 Å². The second-order valence-corrected chi connectivity index (χ2v) is 8.09. The first-order valence-electron chi connectivity index (χ1n) is 9.36. The lowest BCUT2D eigenvalue weighted by molar-refractivity contribution is 0.0808. The minimum Gasteiger partial charge on any atom is -0.312 e. The van der Waals surface area contributed by atoms with Crippen molar-refractivity contribution in [2.24, 2.45) is 11.3 Å². The fraction of sp³-hybridized carbons (Fsp3) is 1.00. The molecule has 126 valence electrons. The first-order valence-corrected chi connectivity index (χ1v) is 9.36. The monoisotopic (exact) mass is 296 g/mol. The Hall–Kier alpha value is -0.0800. The average Bonchev–Trinajstić information content (AvgIpc) is 2.71. The molecule has 0 heterocycles. The van der Waals surface area contributed by atoms with Gasteiger partial charge in [0.15, 0.2) is 0 Å². The summed E-state index contributed by atoms with van der Waals surface area (Å²) in [4.78, 5) is 2.85. The lowest BCUT2D eigenvalue weighted by Crippen LogP contribution is -2.55. The van der Waals surface area contributed by atoms with E-state index in [1.165, 1.54) is 38.6 Å². The molecule has 0 aromatic carbocycles. The molecular formula is C19H40N2. The van der Waals surface area contributed by atoms with E-state index < -0.39 is 0 Å². The second kappa shape index (κ2) is 8.53. The van der Waals surface area contributed by atoms with Crippen molar-refractivity contribution < 1.29 is 0 Å². The van der Waals surface area contributed by atoms with Crippen molar-refractivity contribution in [3.8, 4) is 0 Å². The van der Waals surface area contributed by atoms with Crippen LogP contribution in [0.1, 0.15) is 80.6 Å². The van der Waals surface area contributed by atoms with Crippen molar-refractivity contribution in [2.45, 2.75) is 98.7 Å². The Morgan fingerprint density at radius 1 is 1.14 bits per heavy atom. The molecule has 0 bridgehead atoms. The van der Waals surface area contributed by atoms with Gasteiger partial charge in [-0.1, -0.05) is 48.5 Å². The standard InChI is InChI=1S/C19H40N2/c1-8-13-20-18-17(11-12-19(18,6)7)21(14-15(4)5)16(9-2)10-3/h15-18,20H,8-14H2,1-7H3. The molecule has 0 aliphatic heterocycles. The van der Waals surface area contributed by atoms with Gasteiger partial charge in [0.25, 0.3) is 0 Å². The van der Waals surface area contributed by atoms with Crippen LogP contribution in [0.15, 0.2) is 0 Å². The van der Waals surface area contributed by atoms with Crippen LogP contribution in [0.2, 0.25) is 0 Å². The molecule has 0 radical (unpaired) electrons. The van der Waals surface area contributed by atoms with Crippen LogP contribution >= 0.6 is 0 Å². The van der Waals surface area contributed by atoms with Crippen LogP contribution in [0.25, 0.3) is 0 Å². The minimum atomic E-state index is 0.432. The summed E-state index contributed by atoms with van der Waals surface area (Å²) in [5.41, 5.74) is 0.432. The van der Waals surface area contributed by atoms with Crippen molar-refractivity contribution in [3.63, 3.8) is 0 Å². The topological polar surface area (TPSA) is 15.3 Å². The third kappa shape index (κ3) is 4.96. The maximum absolute atomic E-state index is 3.89. The lowest BCUT2D eigenvalue weighted by Gasteiger charge is -2.42. The smallest absolute Gasteiger partial charge is 0.0274 e. The molecule has 2 heteroatoms. The van der Waals surface area contributed by atoms with Crippen LogP contribution < -0.4 is 5.32 Å². The number of nitrogens with zero attached hydrogens (tertiary/aromatic N) is 1. The van der Waals surface area contributed by atoms with Crippen molar-refractivity contribution >= 4 is 0 Å². The highest BCUT2D eigenvalue weighted by Gasteiger charge is 2.45. The second-order valence-electron chi connectivity index (χ2n) is 8.09. The zero-order chi connectivity index (χ0) is 16.0. The summed E-state index contributed by atoms with van der Waals surface area (Å²) in [7, 11) is 0. The van der Waals surface area contributed by atoms with Gasteiger partial charge >= 0.3 is 0 Å². The van der Waals surface area contributed by atoms with Gasteiger partial charge in [-0.15, -0.1) is 0 Å². The number of rotatable bonds is 9. The van der Waals surface area contributed by atoms with Crippen LogP contribution in [0, 0.1) is 11.3 Å². The third-order valence-corrected chi connectivity index (χ3v) is 5.34. The molecule has 0 aromatic heterocycles. The van der Waals surface area contributed by atoms with Crippen LogP contribution in [0.3, 0.4) is 0 Å². The summed E-state index contributed by atoms with van der Waals surface area (Å²) >= 11 is 0. The molecule has 0 saturated heterocycles. The Balaban J connectivity index is 2.92. The van der Waals surface area contributed by atoms with Gasteiger partial charge < -0.3 is 5.32 Å². The fourth-order valence-corrected chi connectivity index (χ4v) is 4.17. The van der Waals surface area contributed by atoms with Gasteiger partial charge in [0.2, 0.25) is 0 Å². The van der Waals surface area contributed by atoms with Crippen LogP contribution in [-0.4, -0.2) is 36.1 Å². The first-order chi connectivity index (χ1) is 9.87. The maximum Gasteiger partial charge on any atom is 0.0274 e. The van der Waals surface area contributed by atoms with Gasteiger partial charge in [-0.2, -0.15) is 0 Å². The predicted molar refractivity (Wildman–Crippen MR) is 94.8 cm³/mol. The zero-order valence-corrected chi connectivity index (χ0v) is 15.7. The summed E-state index contributed by atoms with van der Waals surface area (Å²) in [5, 5.41) is 3.89. The Morgan fingerprint density at radius 2 is 1.76 bits per heavy atom. The van der Waals surface area contributed by atoms with E-state index in [-0.39, 0.29) is 0 Å². The lowest BCUT2D eigenvalue weighted by atomic mass is 9.85. The number of nitrogens with one attached hydrogen (secondary N) is 1. The van der Waals surface area contributed by atoms with Crippen molar-refractivity contribution in [1.29, 1.82) is 0 Å². The number of hydrogen-bond donors (Lipinski definition) is 1. The molecule has 1 fully saturated rings. The highest BCUT2D eigenvalue weighted by atomic mass is 15.2. The molecule has 1 N–H and O–H groups in total.